The van der Waals surface area contributed by atoms with E-state index in [-0.39, 0.29) is 34.5 Å². The average Bonchev–Trinajstić information content (AvgIpc) is 3.53. The summed E-state index contributed by atoms with van der Waals surface area (Å²) in [7, 11) is 1.24. The van der Waals surface area contributed by atoms with Crippen molar-refractivity contribution in [3.8, 4) is 12.3 Å². The molecule has 2 atom stereocenters. The minimum Gasteiger partial charge on any atom is -0.477 e. The number of hydrogen-bond acceptors (Lipinski definition) is 13. The lowest BCUT2D eigenvalue weighted by Gasteiger charge is -2.49. The number of oxime groups is 1. The number of nitrogens with one attached hydrogen (secondary N) is 2. The van der Waals surface area contributed by atoms with Crippen molar-refractivity contribution in [2.24, 2.45) is 5.16 Å². The number of nitrogens with zero attached hydrogens (tertiary/aromatic N) is 7. The lowest BCUT2D eigenvalue weighted by Crippen LogP contribution is -2.71. The first-order chi connectivity index (χ1) is 17.9. The van der Waals surface area contributed by atoms with Gasteiger partial charge in [-0.2, -0.15) is 0 Å². The van der Waals surface area contributed by atoms with E-state index in [1.165, 1.54) is 40.7 Å². The highest BCUT2D eigenvalue weighted by molar-refractivity contribution is 8.01. The predicted octanol–water partition coefficient (Wildman–Crippen LogP) is -0.787. The molecule has 0 aromatic carbocycles. The number of terminal acetylenes is 1. The fraction of sp³-hybridized carbons (Fsp3) is 0.316. The third kappa shape index (κ3) is 5.28. The van der Waals surface area contributed by atoms with Gasteiger partial charge in [-0.3, -0.25) is 19.3 Å². The number of fused-ring (bicyclic) bond motifs is 1. The van der Waals surface area contributed by atoms with Crippen LogP contribution in [0.5, 0.6) is 0 Å². The van der Waals surface area contributed by atoms with Crippen LogP contribution in [0.1, 0.15) is 5.69 Å². The number of hydrogen-bond donors (Lipinski definition) is 3. The molecule has 2 aromatic rings. The summed E-state index contributed by atoms with van der Waals surface area (Å²) < 4.78 is 1.41. The maximum Gasteiger partial charge on any atom is 0.352 e. The van der Waals surface area contributed by atoms with Gasteiger partial charge in [0.1, 0.15) is 36.5 Å². The number of carbonyl (C=O) groups excluding carboxylic acids is 3. The first-order valence-electron chi connectivity index (χ1n) is 10.2. The lowest BCUT2D eigenvalue weighted by molar-refractivity contribution is -0.150. The molecule has 4 heterocycles. The maximum absolute atomic E-state index is 13.0. The largest absolute Gasteiger partial charge is 0.477 e. The van der Waals surface area contributed by atoms with Crippen molar-refractivity contribution in [1.82, 2.24) is 35.4 Å². The molecule has 3 amide bonds. The number of aromatic nitrogens is 5. The molecular formula is C19H17N9O6S3. The molecule has 4 rings (SSSR count). The van der Waals surface area contributed by atoms with E-state index >= 15 is 0 Å². The van der Waals surface area contributed by atoms with Crippen LogP contribution in [0.25, 0.3) is 0 Å². The number of β-lactam (4-membered cyclic amide) rings is 1. The van der Waals surface area contributed by atoms with Gasteiger partial charge in [0.15, 0.2) is 10.8 Å². The first-order valence-corrected chi connectivity index (χ1v) is 13.1. The van der Waals surface area contributed by atoms with Crippen LogP contribution in [-0.2, 0) is 30.6 Å². The Kier molecular flexibility index (Phi) is 8.05. The summed E-state index contributed by atoms with van der Waals surface area (Å²) in [6, 6.07) is -0.989. The number of carboxylic acids is 1. The summed E-state index contributed by atoms with van der Waals surface area (Å²) in [6.45, 7) is 0.160. The minimum absolute atomic E-state index is 0.131. The zero-order valence-electron chi connectivity index (χ0n) is 18.9. The third-order valence-corrected chi connectivity index (χ3v) is 8.14. The van der Waals surface area contributed by atoms with Crippen LogP contribution >= 0.6 is 34.9 Å². The molecule has 18 heteroatoms. The molecule has 1 fully saturated rings. The van der Waals surface area contributed by atoms with Gasteiger partial charge in [0.2, 0.25) is 11.6 Å². The van der Waals surface area contributed by atoms with Gasteiger partial charge in [-0.05, 0) is 16.0 Å². The Hall–Kier alpha value is -3.95. The van der Waals surface area contributed by atoms with Gasteiger partial charge in [0.25, 0.3) is 11.8 Å². The molecule has 192 valence electrons. The summed E-state index contributed by atoms with van der Waals surface area (Å²) in [6.07, 6.45) is 5.74. The molecule has 0 radical (unpaired) electrons. The quantitative estimate of drug-likeness (QED) is 0.0771. The molecule has 0 aliphatic carbocycles. The van der Waals surface area contributed by atoms with E-state index in [9.17, 15) is 24.3 Å². The van der Waals surface area contributed by atoms with Gasteiger partial charge >= 0.3 is 5.97 Å². The van der Waals surface area contributed by atoms with Crippen molar-refractivity contribution < 1.29 is 29.1 Å². The van der Waals surface area contributed by atoms with Crippen LogP contribution in [0.3, 0.4) is 0 Å². The number of tetrazole rings is 1. The Labute approximate surface area is 221 Å². The second-order valence-electron chi connectivity index (χ2n) is 7.15. The molecular weight excluding hydrogens is 546 g/mol. The van der Waals surface area contributed by atoms with Gasteiger partial charge in [-0.25, -0.2) is 14.5 Å². The van der Waals surface area contributed by atoms with Gasteiger partial charge < -0.3 is 20.6 Å². The summed E-state index contributed by atoms with van der Waals surface area (Å²) >= 11 is 3.58. The van der Waals surface area contributed by atoms with E-state index in [2.05, 4.69) is 42.2 Å². The Morgan fingerprint density at radius 1 is 1.49 bits per heavy atom. The molecule has 15 nitrogen and oxygen atoms in total. The van der Waals surface area contributed by atoms with Crippen LogP contribution in [-0.4, -0.2) is 95.1 Å². The second-order valence-corrected chi connectivity index (χ2v) is 10.1. The maximum atomic E-state index is 13.0. The van der Waals surface area contributed by atoms with Crippen molar-refractivity contribution in [1.29, 1.82) is 0 Å². The van der Waals surface area contributed by atoms with Gasteiger partial charge in [0.05, 0.1) is 0 Å². The van der Waals surface area contributed by atoms with Crippen LogP contribution in [0.15, 0.2) is 27.0 Å². The van der Waals surface area contributed by atoms with E-state index in [0.717, 1.165) is 16.2 Å². The van der Waals surface area contributed by atoms with Crippen molar-refractivity contribution in [2.75, 3.05) is 23.9 Å². The number of carbonyl (C=O) groups is 4. The smallest absolute Gasteiger partial charge is 0.352 e. The number of thioether (sulfide) groups is 2. The molecule has 0 bridgehead atoms. The molecule has 2 aromatic heterocycles. The molecule has 2 aliphatic heterocycles. The molecule has 0 spiro atoms. The van der Waals surface area contributed by atoms with E-state index in [1.54, 1.807) is 0 Å². The van der Waals surface area contributed by atoms with Gasteiger partial charge in [-0.1, -0.05) is 22.8 Å². The van der Waals surface area contributed by atoms with Crippen molar-refractivity contribution in [3.63, 3.8) is 0 Å². The highest BCUT2D eigenvalue weighted by atomic mass is 32.2. The van der Waals surface area contributed by atoms with E-state index in [0.29, 0.717) is 22.9 Å². The van der Waals surface area contributed by atoms with Crippen LogP contribution in [0.4, 0.5) is 5.13 Å². The Balaban J connectivity index is 1.48. The number of rotatable bonds is 11. The monoisotopic (exact) mass is 563 g/mol. The zero-order valence-corrected chi connectivity index (χ0v) is 21.3. The highest BCUT2D eigenvalue weighted by Gasteiger charge is 2.54. The Bertz CT molecular complexity index is 1350. The topological polar surface area (TPSA) is 194 Å². The minimum atomic E-state index is -1.26. The number of amides is 3. The number of carboxylic acid groups (broad SMARTS) is 1. The average molecular weight is 564 g/mol. The van der Waals surface area contributed by atoms with Gasteiger partial charge in [-0.15, -0.1) is 34.6 Å². The Morgan fingerprint density at radius 3 is 3.00 bits per heavy atom. The third-order valence-electron chi connectivity index (χ3n) is 4.98. The SMILES string of the molecule is C#CCn1nnnc1SCC1=C(C(=O)O)N2C(=O)C(NC(=O)C(=NOC)c3csc(NC=O)n3)[C@@H]2SC1. The molecule has 1 saturated heterocycles. The lowest BCUT2D eigenvalue weighted by atomic mass is 10.0. The van der Waals surface area contributed by atoms with Crippen LogP contribution in [0.2, 0.25) is 0 Å². The standard InChI is InChI=1S/C19H17N9O6S3/c1-3-4-27-19(23-25-26-27)37-6-9-5-35-16-12(15(31)28(16)13(9)17(32)33)22-14(30)11(24-34-2)10-7-36-18(21-10)20-8-29/h1,7-8,12,16H,4-6H2,2H3,(H,22,30)(H,32,33)(H,20,21,29)/t12?,16-/m0/s1. The van der Waals surface area contributed by atoms with Crippen LogP contribution in [0, 0.1) is 12.3 Å². The molecule has 0 saturated carbocycles. The number of thiazole rings is 1. The van der Waals surface area contributed by atoms with Crippen LogP contribution < -0.4 is 10.6 Å². The summed E-state index contributed by atoms with van der Waals surface area (Å²) in [5.74, 6) is 0.365. The molecule has 3 N–H and O–H groups in total. The Morgan fingerprint density at radius 2 is 2.30 bits per heavy atom. The summed E-state index contributed by atoms with van der Waals surface area (Å²) in [5, 5.41) is 31.3. The van der Waals surface area contributed by atoms with E-state index < -0.39 is 29.2 Å². The van der Waals surface area contributed by atoms with Crippen molar-refractivity contribution >= 4 is 69.9 Å². The molecule has 2 aliphatic rings. The first kappa shape index (κ1) is 26.1. The summed E-state index contributed by atoms with van der Waals surface area (Å²) in [5.41, 5.74) is 0.288. The molecule has 37 heavy (non-hydrogen) atoms. The normalized spacial score (nSPS) is 19.0. The molecule has 1 unspecified atom stereocenters. The van der Waals surface area contributed by atoms with Crippen molar-refractivity contribution in [3.05, 3.63) is 22.3 Å². The van der Waals surface area contributed by atoms with Gasteiger partial charge in [0, 0.05) is 16.9 Å². The van der Waals surface area contributed by atoms with Crippen molar-refractivity contribution in [2.45, 2.75) is 23.1 Å². The zero-order chi connectivity index (χ0) is 26.5. The fourth-order valence-electron chi connectivity index (χ4n) is 3.44. The number of anilines is 1. The second kappa shape index (κ2) is 11.4. The van der Waals surface area contributed by atoms with E-state index in [4.69, 9.17) is 11.3 Å². The highest BCUT2D eigenvalue weighted by Crippen LogP contribution is 2.41. The number of aliphatic carboxylic acids is 1. The predicted molar refractivity (Wildman–Crippen MR) is 132 cm³/mol. The fourth-order valence-corrected chi connectivity index (χ4v) is 6.45. The summed E-state index contributed by atoms with van der Waals surface area (Å²) in [4.78, 5) is 58.6. The van der Waals surface area contributed by atoms with E-state index in [1.807, 2.05) is 0 Å².